The summed E-state index contributed by atoms with van der Waals surface area (Å²) in [6, 6.07) is 0. The van der Waals surface area contributed by atoms with Crippen molar-refractivity contribution in [3.8, 4) is 0 Å². The Bertz CT molecular complexity index is 602. The van der Waals surface area contributed by atoms with E-state index in [0.29, 0.717) is 5.41 Å². The second-order valence-corrected chi connectivity index (χ2v) is 6.15. The number of hydrogen-bond donors (Lipinski definition) is 1. The van der Waals surface area contributed by atoms with Crippen LogP contribution < -0.4 is 4.90 Å². The van der Waals surface area contributed by atoms with Crippen LogP contribution in [-0.4, -0.2) is 28.0 Å². The number of H-pyrrole nitrogens is 1. The predicted molar refractivity (Wildman–Crippen MR) is 76.4 cm³/mol. The molecule has 4 heteroatoms. The summed E-state index contributed by atoms with van der Waals surface area (Å²) in [5.74, 6) is 1.14. The first-order chi connectivity index (χ1) is 9.31. The fourth-order valence-corrected chi connectivity index (χ4v) is 3.88. The number of aromatic nitrogens is 3. The summed E-state index contributed by atoms with van der Waals surface area (Å²) < 4.78 is 0. The van der Waals surface area contributed by atoms with Gasteiger partial charge in [0.15, 0.2) is 0 Å². The Morgan fingerprint density at radius 3 is 2.79 bits per heavy atom. The van der Waals surface area contributed by atoms with Crippen LogP contribution >= 0.6 is 0 Å². The monoisotopic (exact) mass is 256 g/mol. The van der Waals surface area contributed by atoms with Gasteiger partial charge in [0.05, 0.1) is 5.39 Å². The van der Waals surface area contributed by atoms with Crippen molar-refractivity contribution in [2.75, 3.05) is 18.0 Å². The summed E-state index contributed by atoms with van der Waals surface area (Å²) in [7, 11) is 0. The van der Waals surface area contributed by atoms with Gasteiger partial charge in [0, 0.05) is 24.7 Å². The fourth-order valence-electron chi connectivity index (χ4n) is 3.88. The topological polar surface area (TPSA) is 44.8 Å². The highest BCUT2D eigenvalue weighted by Gasteiger charge is 2.45. The van der Waals surface area contributed by atoms with Gasteiger partial charge in [-0.25, -0.2) is 9.97 Å². The largest absolute Gasteiger partial charge is 0.355 e. The van der Waals surface area contributed by atoms with Crippen molar-refractivity contribution in [1.29, 1.82) is 0 Å². The average Bonchev–Trinajstić information content (AvgIpc) is 3.03. The summed E-state index contributed by atoms with van der Waals surface area (Å²) >= 11 is 0. The first-order valence-electron chi connectivity index (χ1n) is 7.37. The molecule has 0 amide bonds. The van der Waals surface area contributed by atoms with Gasteiger partial charge < -0.3 is 9.88 Å². The van der Waals surface area contributed by atoms with Crippen molar-refractivity contribution in [3.05, 3.63) is 18.1 Å². The van der Waals surface area contributed by atoms with Crippen molar-refractivity contribution in [1.82, 2.24) is 15.0 Å². The lowest BCUT2D eigenvalue weighted by Crippen LogP contribution is -2.55. The molecule has 2 aliphatic rings. The maximum atomic E-state index is 4.56. The summed E-state index contributed by atoms with van der Waals surface area (Å²) in [5, 5.41) is 1.23. The highest BCUT2D eigenvalue weighted by molar-refractivity contribution is 5.91. The van der Waals surface area contributed by atoms with Crippen molar-refractivity contribution < 1.29 is 0 Å². The number of anilines is 1. The quantitative estimate of drug-likeness (QED) is 0.898. The van der Waals surface area contributed by atoms with E-state index in [1.54, 1.807) is 6.33 Å². The Labute approximate surface area is 113 Å². The standard InChI is InChI=1S/C15H20N4/c1-2-11-7-16-13-12(11)14(18-10-17-13)19-8-15(9-19)5-3-4-6-15/h7,10H,2-6,8-9H2,1H3,(H,16,17,18). The highest BCUT2D eigenvalue weighted by atomic mass is 15.3. The molecule has 100 valence electrons. The van der Waals surface area contributed by atoms with Crippen molar-refractivity contribution in [3.63, 3.8) is 0 Å². The second kappa shape index (κ2) is 3.95. The minimum absolute atomic E-state index is 0.611. The van der Waals surface area contributed by atoms with Gasteiger partial charge in [-0.2, -0.15) is 0 Å². The van der Waals surface area contributed by atoms with Crippen LogP contribution in [0.25, 0.3) is 11.0 Å². The molecule has 2 aromatic heterocycles. The third kappa shape index (κ3) is 1.58. The van der Waals surface area contributed by atoms with Crippen LogP contribution in [-0.2, 0) is 6.42 Å². The summed E-state index contributed by atoms with van der Waals surface area (Å²) in [6.45, 7) is 4.56. The Morgan fingerprint density at radius 2 is 2.05 bits per heavy atom. The molecule has 0 aromatic carbocycles. The van der Waals surface area contributed by atoms with E-state index in [-0.39, 0.29) is 0 Å². The maximum Gasteiger partial charge on any atom is 0.143 e. The lowest BCUT2D eigenvalue weighted by atomic mass is 9.78. The van der Waals surface area contributed by atoms with E-state index in [1.807, 2.05) is 0 Å². The molecule has 1 aliphatic heterocycles. The van der Waals surface area contributed by atoms with E-state index in [9.17, 15) is 0 Å². The summed E-state index contributed by atoms with van der Waals surface area (Å²) in [6.07, 6.45) is 10.4. The van der Waals surface area contributed by atoms with Gasteiger partial charge in [-0.1, -0.05) is 19.8 Å². The number of fused-ring (bicyclic) bond motifs is 1. The van der Waals surface area contributed by atoms with Gasteiger partial charge in [0.1, 0.15) is 17.8 Å². The lowest BCUT2D eigenvalue weighted by Gasteiger charge is -2.49. The Hall–Kier alpha value is -1.58. The van der Waals surface area contributed by atoms with Crippen molar-refractivity contribution >= 4 is 16.9 Å². The molecular weight excluding hydrogens is 236 g/mol. The van der Waals surface area contributed by atoms with Gasteiger partial charge in [0.25, 0.3) is 0 Å². The van der Waals surface area contributed by atoms with E-state index >= 15 is 0 Å². The number of aryl methyl sites for hydroxylation is 1. The molecule has 0 atom stereocenters. The molecule has 1 spiro atoms. The molecule has 0 unspecified atom stereocenters. The van der Waals surface area contributed by atoms with Crippen LogP contribution in [0, 0.1) is 5.41 Å². The molecule has 3 heterocycles. The molecule has 0 bridgehead atoms. The van der Waals surface area contributed by atoms with Gasteiger partial charge in [-0.3, -0.25) is 0 Å². The second-order valence-electron chi connectivity index (χ2n) is 6.15. The minimum atomic E-state index is 0.611. The van der Waals surface area contributed by atoms with Gasteiger partial charge >= 0.3 is 0 Å². The van der Waals surface area contributed by atoms with E-state index < -0.39 is 0 Å². The normalized spacial score (nSPS) is 21.2. The number of nitrogens with one attached hydrogen (secondary N) is 1. The predicted octanol–water partition coefficient (Wildman–Crippen LogP) is 2.90. The van der Waals surface area contributed by atoms with E-state index in [2.05, 4.69) is 33.0 Å². The molecule has 4 nitrogen and oxygen atoms in total. The number of hydrogen-bond acceptors (Lipinski definition) is 3. The fraction of sp³-hybridized carbons (Fsp3) is 0.600. The van der Waals surface area contributed by atoms with E-state index in [0.717, 1.165) is 17.9 Å². The first kappa shape index (κ1) is 11.3. The van der Waals surface area contributed by atoms with E-state index in [1.165, 1.54) is 49.7 Å². The molecule has 0 radical (unpaired) electrons. The van der Waals surface area contributed by atoms with Crippen molar-refractivity contribution in [2.24, 2.45) is 5.41 Å². The van der Waals surface area contributed by atoms with E-state index in [4.69, 9.17) is 0 Å². The average molecular weight is 256 g/mol. The van der Waals surface area contributed by atoms with Gasteiger partial charge in [-0.15, -0.1) is 0 Å². The zero-order valence-electron chi connectivity index (χ0n) is 11.4. The number of nitrogens with zero attached hydrogens (tertiary/aromatic N) is 3. The number of aromatic amines is 1. The third-order valence-electron chi connectivity index (χ3n) is 4.93. The third-order valence-corrected chi connectivity index (χ3v) is 4.93. The molecule has 1 aliphatic carbocycles. The molecule has 2 fully saturated rings. The smallest absolute Gasteiger partial charge is 0.143 e. The molecule has 4 rings (SSSR count). The van der Waals surface area contributed by atoms with Crippen LogP contribution in [0.3, 0.4) is 0 Å². The van der Waals surface area contributed by atoms with Crippen LogP contribution in [0.2, 0.25) is 0 Å². The molecule has 1 N–H and O–H groups in total. The molecular formula is C15H20N4. The highest BCUT2D eigenvalue weighted by Crippen LogP contribution is 2.47. The Morgan fingerprint density at radius 1 is 1.26 bits per heavy atom. The van der Waals surface area contributed by atoms with Crippen LogP contribution in [0.5, 0.6) is 0 Å². The Balaban J connectivity index is 1.70. The van der Waals surface area contributed by atoms with Crippen LogP contribution in [0.1, 0.15) is 38.2 Å². The lowest BCUT2D eigenvalue weighted by molar-refractivity contribution is 0.221. The van der Waals surface area contributed by atoms with Gasteiger partial charge in [0.2, 0.25) is 0 Å². The summed E-state index contributed by atoms with van der Waals surface area (Å²) in [4.78, 5) is 14.6. The van der Waals surface area contributed by atoms with Crippen LogP contribution in [0.15, 0.2) is 12.5 Å². The minimum Gasteiger partial charge on any atom is -0.355 e. The SMILES string of the molecule is CCc1c[nH]c2ncnc(N3CC4(CCCC4)C3)c12. The molecule has 1 saturated carbocycles. The Kier molecular flexibility index (Phi) is 2.34. The maximum absolute atomic E-state index is 4.56. The van der Waals surface area contributed by atoms with Crippen molar-refractivity contribution in [2.45, 2.75) is 39.0 Å². The zero-order chi connectivity index (χ0) is 12.9. The number of rotatable bonds is 2. The summed E-state index contributed by atoms with van der Waals surface area (Å²) in [5.41, 5.74) is 2.92. The van der Waals surface area contributed by atoms with Gasteiger partial charge in [-0.05, 0) is 24.8 Å². The van der Waals surface area contributed by atoms with Crippen LogP contribution in [0.4, 0.5) is 5.82 Å². The first-order valence-corrected chi connectivity index (χ1v) is 7.37. The molecule has 19 heavy (non-hydrogen) atoms. The zero-order valence-corrected chi connectivity index (χ0v) is 11.4. The molecule has 2 aromatic rings. The molecule has 1 saturated heterocycles.